The molecular weight excluding hydrogens is 390 g/mol. The lowest BCUT2D eigenvalue weighted by atomic mass is 10.1. The molecule has 2 N–H and O–H groups in total. The van der Waals surface area contributed by atoms with Gasteiger partial charge in [0, 0.05) is 12.2 Å². The monoisotopic (exact) mass is 443 g/mol. The predicted octanol–water partition coefficient (Wildman–Crippen LogP) is 7.65. The first kappa shape index (κ1) is 29.8. The standard InChI is InChI=1S/C26H53NO2S/c1-3-5-7-9-11-13-14-16-18-20-22-30-24-25(23-28)27-26(29)21-19-17-15-12-10-8-6-4-2/h25,28H,3-24H2,1-2H3,(H,27,29). The Morgan fingerprint density at radius 2 is 1.13 bits per heavy atom. The summed E-state index contributed by atoms with van der Waals surface area (Å²) in [7, 11) is 0. The molecule has 0 aliphatic carbocycles. The summed E-state index contributed by atoms with van der Waals surface area (Å²) in [5.74, 6) is 2.08. The van der Waals surface area contributed by atoms with E-state index in [1.165, 1.54) is 103 Å². The Balaban J connectivity index is 3.44. The van der Waals surface area contributed by atoms with E-state index in [2.05, 4.69) is 19.2 Å². The van der Waals surface area contributed by atoms with Gasteiger partial charge in [0.2, 0.25) is 5.91 Å². The first-order valence-electron chi connectivity index (χ1n) is 13.2. The van der Waals surface area contributed by atoms with Crippen LogP contribution in [-0.4, -0.2) is 35.2 Å². The van der Waals surface area contributed by atoms with Gasteiger partial charge in [-0.1, -0.05) is 117 Å². The molecule has 30 heavy (non-hydrogen) atoms. The molecule has 0 aliphatic rings. The van der Waals surface area contributed by atoms with E-state index >= 15 is 0 Å². The highest BCUT2D eigenvalue weighted by Crippen LogP contribution is 2.13. The van der Waals surface area contributed by atoms with Crippen molar-refractivity contribution in [2.24, 2.45) is 0 Å². The van der Waals surface area contributed by atoms with Gasteiger partial charge in [0.25, 0.3) is 0 Å². The van der Waals surface area contributed by atoms with Gasteiger partial charge in [-0.05, 0) is 18.6 Å². The number of carbonyl (C=O) groups excluding carboxylic acids is 1. The van der Waals surface area contributed by atoms with Crippen LogP contribution in [0, 0.1) is 0 Å². The SMILES string of the molecule is CCCCCCCCCCCCSCC(CO)NC(=O)CCCCCCCCCC. The van der Waals surface area contributed by atoms with Crippen molar-refractivity contribution in [2.75, 3.05) is 18.1 Å². The number of rotatable bonds is 24. The first-order chi connectivity index (χ1) is 14.7. The van der Waals surface area contributed by atoms with Crippen LogP contribution < -0.4 is 5.32 Å². The van der Waals surface area contributed by atoms with E-state index in [0.717, 1.165) is 24.3 Å². The van der Waals surface area contributed by atoms with Crippen LogP contribution in [0.2, 0.25) is 0 Å². The van der Waals surface area contributed by atoms with Gasteiger partial charge in [-0.3, -0.25) is 4.79 Å². The molecule has 0 radical (unpaired) electrons. The molecule has 0 fully saturated rings. The zero-order valence-corrected chi connectivity index (χ0v) is 21.2. The van der Waals surface area contributed by atoms with Gasteiger partial charge in [-0.15, -0.1) is 0 Å². The van der Waals surface area contributed by atoms with Crippen LogP contribution in [0.15, 0.2) is 0 Å². The number of aliphatic hydroxyl groups excluding tert-OH is 1. The Labute approximate surface area is 192 Å². The van der Waals surface area contributed by atoms with Gasteiger partial charge >= 0.3 is 0 Å². The van der Waals surface area contributed by atoms with E-state index in [9.17, 15) is 9.90 Å². The van der Waals surface area contributed by atoms with Crippen molar-refractivity contribution in [2.45, 2.75) is 142 Å². The maximum Gasteiger partial charge on any atom is 0.220 e. The highest BCUT2D eigenvalue weighted by Gasteiger charge is 2.11. The van der Waals surface area contributed by atoms with E-state index < -0.39 is 0 Å². The Morgan fingerprint density at radius 1 is 0.700 bits per heavy atom. The first-order valence-corrected chi connectivity index (χ1v) is 14.4. The minimum Gasteiger partial charge on any atom is -0.394 e. The molecule has 0 aromatic carbocycles. The van der Waals surface area contributed by atoms with Gasteiger partial charge < -0.3 is 10.4 Å². The lowest BCUT2D eigenvalue weighted by molar-refractivity contribution is -0.122. The van der Waals surface area contributed by atoms with Crippen molar-refractivity contribution in [3.63, 3.8) is 0 Å². The summed E-state index contributed by atoms with van der Waals surface area (Å²) in [5, 5.41) is 12.6. The smallest absolute Gasteiger partial charge is 0.220 e. The Morgan fingerprint density at radius 3 is 1.60 bits per heavy atom. The van der Waals surface area contributed by atoms with E-state index in [1.807, 2.05) is 11.8 Å². The van der Waals surface area contributed by atoms with Crippen LogP contribution in [-0.2, 0) is 4.79 Å². The lowest BCUT2D eigenvalue weighted by Crippen LogP contribution is -2.39. The molecule has 0 saturated heterocycles. The second-order valence-corrected chi connectivity index (χ2v) is 10.1. The van der Waals surface area contributed by atoms with Crippen molar-refractivity contribution in [1.29, 1.82) is 0 Å². The molecule has 0 spiro atoms. The Kier molecular flexibility index (Phi) is 24.9. The van der Waals surface area contributed by atoms with Crippen LogP contribution >= 0.6 is 11.8 Å². The maximum absolute atomic E-state index is 12.1. The molecule has 1 atom stereocenters. The number of unbranched alkanes of at least 4 members (excludes halogenated alkanes) is 16. The summed E-state index contributed by atoms with van der Waals surface area (Å²) in [5.41, 5.74) is 0. The van der Waals surface area contributed by atoms with E-state index in [4.69, 9.17) is 0 Å². The van der Waals surface area contributed by atoms with Gasteiger partial charge in [0.05, 0.1) is 12.6 Å². The predicted molar refractivity (Wildman–Crippen MR) is 135 cm³/mol. The quantitative estimate of drug-likeness (QED) is 0.151. The molecular formula is C26H53NO2S. The molecule has 0 rings (SSSR count). The number of aliphatic hydroxyl groups is 1. The third-order valence-corrected chi connectivity index (χ3v) is 7.02. The number of hydrogen-bond acceptors (Lipinski definition) is 3. The van der Waals surface area contributed by atoms with Crippen LogP contribution in [0.25, 0.3) is 0 Å². The van der Waals surface area contributed by atoms with Gasteiger partial charge in [-0.2, -0.15) is 11.8 Å². The minimum atomic E-state index is -0.0836. The maximum atomic E-state index is 12.1. The number of carbonyl (C=O) groups is 1. The summed E-state index contributed by atoms with van der Waals surface area (Å²) in [4.78, 5) is 12.1. The molecule has 4 heteroatoms. The van der Waals surface area contributed by atoms with Crippen molar-refractivity contribution < 1.29 is 9.90 Å². The third kappa shape index (κ3) is 22.5. The highest BCUT2D eigenvalue weighted by molar-refractivity contribution is 7.99. The molecule has 0 saturated carbocycles. The average Bonchev–Trinajstić information content (AvgIpc) is 2.75. The lowest BCUT2D eigenvalue weighted by Gasteiger charge is -2.16. The number of thioether (sulfide) groups is 1. The third-order valence-electron chi connectivity index (χ3n) is 5.80. The van der Waals surface area contributed by atoms with Crippen molar-refractivity contribution in [3.8, 4) is 0 Å². The van der Waals surface area contributed by atoms with Crippen LogP contribution in [0.3, 0.4) is 0 Å². The summed E-state index contributed by atoms with van der Waals surface area (Å²) < 4.78 is 0. The van der Waals surface area contributed by atoms with Crippen molar-refractivity contribution in [1.82, 2.24) is 5.32 Å². The van der Waals surface area contributed by atoms with Crippen molar-refractivity contribution >= 4 is 17.7 Å². The average molecular weight is 444 g/mol. The minimum absolute atomic E-state index is 0.0498. The molecule has 1 amide bonds. The van der Waals surface area contributed by atoms with Gasteiger partial charge in [0.15, 0.2) is 0 Å². The fourth-order valence-electron chi connectivity index (χ4n) is 3.78. The van der Waals surface area contributed by atoms with E-state index in [0.29, 0.717) is 6.42 Å². The second-order valence-electron chi connectivity index (χ2n) is 8.93. The zero-order chi connectivity index (χ0) is 22.1. The van der Waals surface area contributed by atoms with E-state index in [1.54, 1.807) is 0 Å². The highest BCUT2D eigenvalue weighted by atomic mass is 32.2. The van der Waals surface area contributed by atoms with E-state index in [-0.39, 0.29) is 18.6 Å². The number of hydrogen-bond donors (Lipinski definition) is 2. The Hall–Kier alpha value is -0.220. The molecule has 0 aromatic heterocycles. The summed E-state index contributed by atoms with van der Waals surface area (Å²) in [6.45, 7) is 4.57. The molecule has 0 aromatic rings. The summed E-state index contributed by atoms with van der Waals surface area (Å²) in [6.07, 6.45) is 24.3. The van der Waals surface area contributed by atoms with Crippen LogP contribution in [0.1, 0.15) is 136 Å². The normalized spacial score (nSPS) is 12.2. The molecule has 0 heterocycles. The molecule has 0 bridgehead atoms. The largest absolute Gasteiger partial charge is 0.394 e. The van der Waals surface area contributed by atoms with Gasteiger partial charge in [0.1, 0.15) is 0 Å². The van der Waals surface area contributed by atoms with Crippen LogP contribution in [0.4, 0.5) is 0 Å². The second kappa shape index (κ2) is 25.0. The Bertz CT molecular complexity index is 352. The molecule has 180 valence electrons. The zero-order valence-electron chi connectivity index (χ0n) is 20.4. The van der Waals surface area contributed by atoms with Crippen LogP contribution in [0.5, 0.6) is 0 Å². The molecule has 1 unspecified atom stereocenters. The fraction of sp³-hybridized carbons (Fsp3) is 0.962. The number of amides is 1. The fourth-order valence-corrected chi connectivity index (χ4v) is 4.82. The molecule has 3 nitrogen and oxygen atoms in total. The summed E-state index contributed by atoms with van der Waals surface area (Å²) in [6, 6.07) is -0.0836. The van der Waals surface area contributed by atoms with Crippen molar-refractivity contribution in [3.05, 3.63) is 0 Å². The topological polar surface area (TPSA) is 49.3 Å². The molecule has 0 aliphatic heterocycles. The summed E-state index contributed by atoms with van der Waals surface area (Å²) >= 11 is 1.87. The van der Waals surface area contributed by atoms with Gasteiger partial charge in [-0.25, -0.2) is 0 Å². The number of nitrogens with one attached hydrogen (secondary N) is 1.